The van der Waals surface area contributed by atoms with E-state index in [1.54, 1.807) is 7.11 Å². The molecule has 24 heavy (non-hydrogen) atoms. The molecular formula is C18H32IN3O2. The van der Waals surface area contributed by atoms with E-state index < -0.39 is 0 Å². The second-order valence-corrected chi connectivity index (χ2v) is 6.12. The van der Waals surface area contributed by atoms with Crippen LogP contribution in [-0.4, -0.2) is 32.8 Å². The van der Waals surface area contributed by atoms with Crippen molar-refractivity contribution in [3.05, 3.63) is 29.3 Å². The Hall–Kier alpha value is -1.02. The van der Waals surface area contributed by atoms with Crippen LogP contribution in [-0.2, 0) is 11.3 Å². The Morgan fingerprint density at radius 2 is 2.04 bits per heavy atom. The molecule has 1 rings (SSSR count). The molecule has 0 fully saturated rings. The minimum atomic E-state index is 0. The first-order valence-electron chi connectivity index (χ1n) is 8.28. The lowest BCUT2D eigenvalue weighted by molar-refractivity contribution is 0.204. The first kappa shape index (κ1) is 23.0. The topological polar surface area (TPSA) is 68.9 Å². The number of ether oxygens (including phenoxy) is 2. The van der Waals surface area contributed by atoms with Gasteiger partial charge in [0.05, 0.1) is 19.8 Å². The number of aryl methyl sites for hydroxylation is 1. The number of nitrogens with two attached hydrogens (primary N) is 1. The van der Waals surface area contributed by atoms with Crippen molar-refractivity contribution < 1.29 is 9.47 Å². The molecule has 0 bridgehead atoms. The number of hydrogen-bond acceptors (Lipinski definition) is 3. The average molecular weight is 449 g/mol. The lowest BCUT2D eigenvalue weighted by Gasteiger charge is -2.12. The predicted octanol–water partition coefficient (Wildman–Crippen LogP) is 3.48. The van der Waals surface area contributed by atoms with Gasteiger partial charge in [-0.2, -0.15) is 0 Å². The van der Waals surface area contributed by atoms with Gasteiger partial charge in [-0.3, -0.25) is 0 Å². The van der Waals surface area contributed by atoms with Gasteiger partial charge in [0.15, 0.2) is 5.96 Å². The van der Waals surface area contributed by atoms with Crippen molar-refractivity contribution in [3.8, 4) is 5.75 Å². The van der Waals surface area contributed by atoms with Crippen LogP contribution in [0.2, 0.25) is 0 Å². The molecule has 138 valence electrons. The summed E-state index contributed by atoms with van der Waals surface area (Å²) in [4.78, 5) is 4.36. The number of benzene rings is 1. The molecule has 1 aromatic carbocycles. The highest BCUT2D eigenvalue weighted by Gasteiger charge is 2.05. The Balaban J connectivity index is 0.00000529. The lowest BCUT2D eigenvalue weighted by Crippen LogP contribution is -2.34. The van der Waals surface area contributed by atoms with Gasteiger partial charge in [0.2, 0.25) is 0 Å². The molecule has 6 heteroatoms. The standard InChI is InChI=1S/C18H31N3O2.HI/c1-14(2)6-5-10-23-17-12-15(3)7-8-16(17)13-21-18(19)20-9-11-22-4;/h7-8,12,14H,5-6,9-11,13H2,1-4H3,(H3,19,20,21);1H. The molecule has 0 aromatic heterocycles. The third-order valence-electron chi connectivity index (χ3n) is 3.44. The van der Waals surface area contributed by atoms with Gasteiger partial charge in [-0.05, 0) is 37.3 Å². The molecule has 3 N–H and O–H groups in total. The van der Waals surface area contributed by atoms with Crippen LogP contribution < -0.4 is 15.8 Å². The fourth-order valence-electron chi connectivity index (χ4n) is 2.11. The summed E-state index contributed by atoms with van der Waals surface area (Å²) >= 11 is 0. The summed E-state index contributed by atoms with van der Waals surface area (Å²) in [7, 11) is 1.66. The third-order valence-corrected chi connectivity index (χ3v) is 3.44. The number of halogens is 1. The van der Waals surface area contributed by atoms with E-state index in [-0.39, 0.29) is 24.0 Å². The zero-order valence-electron chi connectivity index (χ0n) is 15.3. The molecule has 0 aliphatic heterocycles. The molecule has 0 amide bonds. The molecule has 0 unspecified atom stereocenters. The zero-order valence-corrected chi connectivity index (χ0v) is 17.6. The van der Waals surface area contributed by atoms with Gasteiger partial charge < -0.3 is 20.5 Å². The third kappa shape index (κ3) is 9.97. The van der Waals surface area contributed by atoms with E-state index >= 15 is 0 Å². The van der Waals surface area contributed by atoms with Gasteiger partial charge >= 0.3 is 0 Å². The summed E-state index contributed by atoms with van der Waals surface area (Å²) in [5, 5.41) is 3.01. The van der Waals surface area contributed by atoms with Gasteiger partial charge in [-0.15, -0.1) is 24.0 Å². The monoisotopic (exact) mass is 449 g/mol. The number of guanidine groups is 1. The number of nitrogens with zero attached hydrogens (tertiary/aromatic N) is 1. The average Bonchev–Trinajstić information content (AvgIpc) is 2.50. The second-order valence-electron chi connectivity index (χ2n) is 6.12. The van der Waals surface area contributed by atoms with Crippen molar-refractivity contribution in [2.75, 3.05) is 26.9 Å². The summed E-state index contributed by atoms with van der Waals surface area (Å²) in [5.74, 6) is 2.04. The Labute approximate surface area is 163 Å². The largest absolute Gasteiger partial charge is 0.493 e. The normalized spacial score (nSPS) is 11.3. The van der Waals surface area contributed by atoms with E-state index in [9.17, 15) is 0 Å². The van der Waals surface area contributed by atoms with E-state index in [1.165, 1.54) is 12.0 Å². The van der Waals surface area contributed by atoms with Crippen LogP contribution in [0.25, 0.3) is 0 Å². The van der Waals surface area contributed by atoms with Gasteiger partial charge in [0, 0.05) is 19.2 Å². The number of aliphatic imine (C=N–C) groups is 1. The van der Waals surface area contributed by atoms with Crippen molar-refractivity contribution in [3.63, 3.8) is 0 Å². The minimum absolute atomic E-state index is 0. The quantitative estimate of drug-likeness (QED) is 0.249. The fraction of sp³-hybridized carbons (Fsp3) is 0.611. The summed E-state index contributed by atoms with van der Waals surface area (Å²) in [5.41, 5.74) is 8.08. The molecule has 0 spiro atoms. The maximum absolute atomic E-state index is 5.95. The highest BCUT2D eigenvalue weighted by molar-refractivity contribution is 14.0. The van der Waals surface area contributed by atoms with E-state index in [1.807, 2.05) is 0 Å². The van der Waals surface area contributed by atoms with E-state index in [0.717, 1.165) is 24.3 Å². The molecule has 0 heterocycles. The van der Waals surface area contributed by atoms with Crippen molar-refractivity contribution in [1.82, 2.24) is 5.32 Å². The number of rotatable bonds is 10. The molecule has 0 aliphatic carbocycles. The van der Waals surface area contributed by atoms with Crippen LogP contribution in [0, 0.1) is 12.8 Å². The predicted molar refractivity (Wildman–Crippen MR) is 111 cm³/mol. The molecular weight excluding hydrogens is 417 g/mol. The Bertz CT molecular complexity index is 493. The van der Waals surface area contributed by atoms with Crippen LogP contribution >= 0.6 is 24.0 Å². The van der Waals surface area contributed by atoms with Crippen molar-refractivity contribution in [2.45, 2.75) is 40.2 Å². The number of hydrogen-bond donors (Lipinski definition) is 2. The van der Waals surface area contributed by atoms with Crippen LogP contribution in [0.15, 0.2) is 23.2 Å². The van der Waals surface area contributed by atoms with Crippen LogP contribution in [0.1, 0.15) is 37.8 Å². The first-order valence-corrected chi connectivity index (χ1v) is 8.28. The second kappa shape index (κ2) is 13.3. The van der Waals surface area contributed by atoms with Gasteiger partial charge in [-0.1, -0.05) is 26.0 Å². The summed E-state index contributed by atoms with van der Waals surface area (Å²) in [6.45, 7) is 9.02. The summed E-state index contributed by atoms with van der Waals surface area (Å²) in [6.07, 6.45) is 2.24. The van der Waals surface area contributed by atoms with Crippen molar-refractivity contribution in [2.24, 2.45) is 16.6 Å². The molecule has 1 aromatic rings. The van der Waals surface area contributed by atoms with Gasteiger partial charge in [0.1, 0.15) is 5.75 Å². The van der Waals surface area contributed by atoms with Crippen molar-refractivity contribution in [1.29, 1.82) is 0 Å². The van der Waals surface area contributed by atoms with Crippen LogP contribution in [0.4, 0.5) is 0 Å². The van der Waals surface area contributed by atoms with Crippen molar-refractivity contribution >= 4 is 29.9 Å². The number of methoxy groups -OCH3 is 1. The van der Waals surface area contributed by atoms with Gasteiger partial charge in [0.25, 0.3) is 0 Å². The zero-order chi connectivity index (χ0) is 17.1. The molecule has 0 atom stereocenters. The molecule has 0 saturated carbocycles. The summed E-state index contributed by atoms with van der Waals surface area (Å²) < 4.78 is 10.9. The SMILES string of the molecule is COCCNC(N)=NCc1ccc(C)cc1OCCCC(C)C.I. The number of nitrogens with one attached hydrogen (secondary N) is 1. The van der Waals surface area contributed by atoms with Crippen LogP contribution in [0.3, 0.4) is 0 Å². The Morgan fingerprint density at radius 3 is 2.71 bits per heavy atom. The minimum Gasteiger partial charge on any atom is -0.493 e. The van der Waals surface area contributed by atoms with E-state index in [4.69, 9.17) is 15.2 Å². The van der Waals surface area contributed by atoms with Crippen LogP contribution in [0.5, 0.6) is 5.75 Å². The maximum atomic E-state index is 5.95. The molecule has 0 radical (unpaired) electrons. The smallest absolute Gasteiger partial charge is 0.189 e. The molecule has 5 nitrogen and oxygen atoms in total. The fourth-order valence-corrected chi connectivity index (χ4v) is 2.11. The lowest BCUT2D eigenvalue weighted by atomic mass is 10.1. The Kier molecular flexibility index (Phi) is 12.7. The molecule has 0 aliphatic rings. The van der Waals surface area contributed by atoms with E-state index in [2.05, 4.69) is 49.3 Å². The summed E-state index contributed by atoms with van der Waals surface area (Å²) in [6, 6.07) is 6.19. The highest BCUT2D eigenvalue weighted by Crippen LogP contribution is 2.22. The Morgan fingerprint density at radius 1 is 1.29 bits per heavy atom. The maximum Gasteiger partial charge on any atom is 0.189 e. The first-order chi connectivity index (χ1) is 11.0. The van der Waals surface area contributed by atoms with Gasteiger partial charge in [-0.25, -0.2) is 4.99 Å². The molecule has 0 saturated heterocycles. The van der Waals surface area contributed by atoms with E-state index in [0.29, 0.717) is 31.6 Å². The highest BCUT2D eigenvalue weighted by atomic mass is 127.